The first-order valence-corrected chi connectivity index (χ1v) is 7.32. The lowest BCUT2D eigenvalue weighted by Gasteiger charge is -2.29. The number of thiazole rings is 1. The van der Waals surface area contributed by atoms with Crippen LogP contribution in [0.25, 0.3) is 0 Å². The average molecular weight is 267 g/mol. The van der Waals surface area contributed by atoms with Crippen LogP contribution in [0.5, 0.6) is 0 Å². The van der Waals surface area contributed by atoms with E-state index < -0.39 is 0 Å². The molecule has 18 heavy (non-hydrogen) atoms. The SMILES string of the molecule is Cc1nc(NC(=O)CN2CCCC(C)C2)sc1C. The number of hydrogen-bond donors (Lipinski definition) is 1. The van der Waals surface area contributed by atoms with Gasteiger partial charge in [0.15, 0.2) is 5.13 Å². The van der Waals surface area contributed by atoms with E-state index in [0.717, 1.165) is 28.8 Å². The smallest absolute Gasteiger partial charge is 0.240 e. The van der Waals surface area contributed by atoms with Gasteiger partial charge in [-0.1, -0.05) is 6.92 Å². The molecule has 0 radical (unpaired) electrons. The van der Waals surface area contributed by atoms with E-state index in [1.54, 1.807) is 11.3 Å². The summed E-state index contributed by atoms with van der Waals surface area (Å²) in [7, 11) is 0. The third-order valence-electron chi connectivity index (χ3n) is 3.38. The van der Waals surface area contributed by atoms with Crippen molar-refractivity contribution in [3.05, 3.63) is 10.6 Å². The largest absolute Gasteiger partial charge is 0.301 e. The summed E-state index contributed by atoms with van der Waals surface area (Å²) in [6.07, 6.45) is 2.48. The Bertz CT molecular complexity index is 410. The van der Waals surface area contributed by atoms with Gasteiger partial charge >= 0.3 is 0 Å². The predicted molar refractivity (Wildman–Crippen MR) is 75.1 cm³/mol. The van der Waals surface area contributed by atoms with E-state index in [-0.39, 0.29) is 5.91 Å². The molecule has 1 aromatic heterocycles. The number of nitrogens with zero attached hydrogens (tertiary/aromatic N) is 2. The van der Waals surface area contributed by atoms with Gasteiger partial charge in [-0.25, -0.2) is 4.98 Å². The van der Waals surface area contributed by atoms with Gasteiger partial charge < -0.3 is 5.32 Å². The van der Waals surface area contributed by atoms with E-state index in [2.05, 4.69) is 22.1 Å². The summed E-state index contributed by atoms with van der Waals surface area (Å²) >= 11 is 1.54. The minimum Gasteiger partial charge on any atom is -0.301 e. The molecule has 0 aromatic carbocycles. The van der Waals surface area contributed by atoms with Crippen molar-refractivity contribution in [3.63, 3.8) is 0 Å². The molecule has 100 valence electrons. The highest BCUT2D eigenvalue weighted by atomic mass is 32.1. The molecule has 1 N–H and O–H groups in total. The van der Waals surface area contributed by atoms with Crippen LogP contribution in [0.3, 0.4) is 0 Å². The Balaban J connectivity index is 1.84. The van der Waals surface area contributed by atoms with Gasteiger partial charge in [-0.2, -0.15) is 0 Å². The zero-order valence-corrected chi connectivity index (χ0v) is 12.1. The minimum absolute atomic E-state index is 0.0536. The molecule has 1 saturated heterocycles. The molecule has 1 unspecified atom stereocenters. The van der Waals surface area contributed by atoms with Crippen molar-refractivity contribution < 1.29 is 4.79 Å². The first-order chi connectivity index (χ1) is 8.54. The van der Waals surface area contributed by atoms with Gasteiger partial charge in [-0.15, -0.1) is 11.3 Å². The number of hydrogen-bond acceptors (Lipinski definition) is 4. The summed E-state index contributed by atoms with van der Waals surface area (Å²) in [5.74, 6) is 0.758. The van der Waals surface area contributed by atoms with Crippen molar-refractivity contribution in [3.8, 4) is 0 Å². The molecule has 2 heterocycles. The highest BCUT2D eigenvalue weighted by Gasteiger charge is 2.19. The quantitative estimate of drug-likeness (QED) is 0.915. The van der Waals surface area contributed by atoms with E-state index in [1.165, 1.54) is 12.8 Å². The monoisotopic (exact) mass is 267 g/mol. The highest BCUT2D eigenvalue weighted by molar-refractivity contribution is 7.15. The molecule has 2 rings (SSSR count). The summed E-state index contributed by atoms with van der Waals surface area (Å²) in [5, 5.41) is 3.61. The molecule has 0 aliphatic carbocycles. The van der Waals surface area contributed by atoms with Crippen LogP contribution in [0.15, 0.2) is 0 Å². The number of carbonyl (C=O) groups excluding carboxylic acids is 1. The number of anilines is 1. The number of aryl methyl sites for hydroxylation is 2. The maximum atomic E-state index is 11.9. The predicted octanol–water partition coefficient (Wildman–Crippen LogP) is 2.43. The zero-order valence-electron chi connectivity index (χ0n) is 11.3. The summed E-state index contributed by atoms with van der Waals surface area (Å²) < 4.78 is 0. The highest BCUT2D eigenvalue weighted by Crippen LogP contribution is 2.21. The van der Waals surface area contributed by atoms with E-state index in [4.69, 9.17) is 0 Å². The molecule has 1 aliphatic rings. The molecule has 1 atom stereocenters. The summed E-state index contributed by atoms with van der Waals surface area (Å²) in [6.45, 7) is 8.79. The molecule has 4 nitrogen and oxygen atoms in total. The Hall–Kier alpha value is -0.940. The third kappa shape index (κ3) is 3.53. The molecule has 1 fully saturated rings. The fourth-order valence-electron chi connectivity index (χ4n) is 2.32. The Morgan fingerprint density at radius 3 is 2.94 bits per heavy atom. The second-order valence-corrected chi connectivity index (χ2v) is 6.39. The normalized spacial score (nSPS) is 20.9. The maximum absolute atomic E-state index is 11.9. The lowest BCUT2D eigenvalue weighted by Crippen LogP contribution is -2.39. The third-order valence-corrected chi connectivity index (χ3v) is 4.37. The number of rotatable bonds is 3. The topological polar surface area (TPSA) is 45.2 Å². The minimum atomic E-state index is 0.0536. The lowest BCUT2D eigenvalue weighted by molar-refractivity contribution is -0.117. The van der Waals surface area contributed by atoms with Crippen LogP contribution in [0.4, 0.5) is 5.13 Å². The van der Waals surface area contributed by atoms with Crippen LogP contribution in [0, 0.1) is 19.8 Å². The number of piperidine rings is 1. The molecule has 1 amide bonds. The standard InChI is InChI=1S/C13H21N3OS/c1-9-5-4-6-16(7-9)8-12(17)15-13-14-10(2)11(3)18-13/h9H,4-8H2,1-3H3,(H,14,15,17). The van der Waals surface area contributed by atoms with Crippen LogP contribution in [-0.4, -0.2) is 35.4 Å². The van der Waals surface area contributed by atoms with Gasteiger partial charge in [0.25, 0.3) is 0 Å². The van der Waals surface area contributed by atoms with Crippen LogP contribution >= 0.6 is 11.3 Å². The number of carbonyl (C=O) groups is 1. The number of amides is 1. The fourth-order valence-corrected chi connectivity index (χ4v) is 3.15. The second-order valence-electron chi connectivity index (χ2n) is 5.19. The Morgan fingerprint density at radius 1 is 1.56 bits per heavy atom. The van der Waals surface area contributed by atoms with Crippen LogP contribution < -0.4 is 5.32 Å². The summed E-state index contributed by atoms with van der Waals surface area (Å²) in [5.41, 5.74) is 1.00. The second kappa shape index (κ2) is 5.80. The van der Waals surface area contributed by atoms with Crippen molar-refractivity contribution in [1.82, 2.24) is 9.88 Å². The first-order valence-electron chi connectivity index (χ1n) is 6.51. The van der Waals surface area contributed by atoms with Crippen LogP contribution in [0.2, 0.25) is 0 Å². The fraction of sp³-hybridized carbons (Fsp3) is 0.692. The maximum Gasteiger partial charge on any atom is 0.240 e. The number of likely N-dealkylation sites (tertiary alicyclic amines) is 1. The molecular formula is C13H21N3OS. The van der Waals surface area contributed by atoms with E-state index >= 15 is 0 Å². The molecular weight excluding hydrogens is 246 g/mol. The number of nitrogens with one attached hydrogen (secondary N) is 1. The first kappa shape index (κ1) is 13.5. The van der Waals surface area contributed by atoms with Gasteiger partial charge in [0, 0.05) is 11.4 Å². The van der Waals surface area contributed by atoms with E-state index in [0.29, 0.717) is 12.5 Å². The van der Waals surface area contributed by atoms with Gasteiger partial charge in [-0.05, 0) is 39.2 Å². The summed E-state index contributed by atoms with van der Waals surface area (Å²) in [6, 6.07) is 0. The Morgan fingerprint density at radius 2 is 2.33 bits per heavy atom. The lowest BCUT2D eigenvalue weighted by atomic mass is 10.0. The molecule has 1 aliphatic heterocycles. The van der Waals surface area contributed by atoms with Gasteiger partial charge in [0.2, 0.25) is 5.91 Å². The van der Waals surface area contributed by atoms with Crippen molar-refractivity contribution >= 4 is 22.4 Å². The van der Waals surface area contributed by atoms with Gasteiger partial charge in [0.1, 0.15) is 0 Å². The molecule has 5 heteroatoms. The molecule has 1 aromatic rings. The van der Waals surface area contributed by atoms with Crippen molar-refractivity contribution in [2.45, 2.75) is 33.6 Å². The van der Waals surface area contributed by atoms with Crippen LogP contribution in [-0.2, 0) is 4.79 Å². The Labute approximate surface area is 112 Å². The van der Waals surface area contributed by atoms with Gasteiger partial charge in [0.05, 0.1) is 12.2 Å². The van der Waals surface area contributed by atoms with Crippen molar-refractivity contribution in [2.24, 2.45) is 5.92 Å². The zero-order chi connectivity index (χ0) is 13.1. The van der Waals surface area contributed by atoms with Gasteiger partial charge in [-0.3, -0.25) is 9.69 Å². The molecule has 0 saturated carbocycles. The Kier molecular flexibility index (Phi) is 4.35. The van der Waals surface area contributed by atoms with Crippen molar-refractivity contribution in [1.29, 1.82) is 0 Å². The molecule has 0 spiro atoms. The van der Waals surface area contributed by atoms with Crippen LogP contribution in [0.1, 0.15) is 30.3 Å². The molecule has 0 bridgehead atoms. The van der Waals surface area contributed by atoms with E-state index in [9.17, 15) is 4.79 Å². The number of aromatic nitrogens is 1. The van der Waals surface area contributed by atoms with E-state index in [1.807, 2.05) is 13.8 Å². The summed E-state index contributed by atoms with van der Waals surface area (Å²) in [4.78, 5) is 19.6. The van der Waals surface area contributed by atoms with Crippen molar-refractivity contribution in [2.75, 3.05) is 25.0 Å². The average Bonchev–Trinajstić information content (AvgIpc) is 2.57.